The first-order chi connectivity index (χ1) is 21.2. The van der Waals surface area contributed by atoms with Gasteiger partial charge in [0.2, 0.25) is 11.7 Å². The fraction of sp³-hybridized carbons (Fsp3) is 0.355. The normalized spacial score (nSPS) is 14.3. The van der Waals surface area contributed by atoms with Crippen molar-refractivity contribution >= 4 is 22.5 Å². The van der Waals surface area contributed by atoms with Crippen molar-refractivity contribution in [1.82, 2.24) is 34.5 Å². The van der Waals surface area contributed by atoms with E-state index in [-0.39, 0.29) is 35.7 Å². The number of halogens is 3. The molecule has 3 aromatic heterocycles. The summed E-state index contributed by atoms with van der Waals surface area (Å²) in [7, 11) is 2.07. The van der Waals surface area contributed by atoms with Gasteiger partial charge in [0.1, 0.15) is 18.6 Å². The number of rotatable bonds is 8. The molecule has 5 aromatic rings. The maximum absolute atomic E-state index is 13.7. The third-order valence-corrected chi connectivity index (χ3v) is 7.33. The Morgan fingerprint density at radius 1 is 1.07 bits per heavy atom. The molecule has 1 aliphatic rings. The number of hydrogen-bond donors (Lipinski definition) is 2. The molecule has 2 aromatic carbocycles. The minimum atomic E-state index is -4.47. The zero-order valence-electron chi connectivity index (χ0n) is 24.8. The van der Waals surface area contributed by atoms with E-state index < -0.39 is 18.6 Å². The number of hydrogen-bond acceptors (Lipinski definition) is 7. The number of aromatic nitrogens is 5. The van der Waals surface area contributed by atoms with Gasteiger partial charge >= 0.3 is 6.18 Å². The lowest BCUT2D eigenvalue weighted by Gasteiger charge is -2.30. The first-order valence-corrected chi connectivity index (χ1v) is 14.6. The highest BCUT2D eigenvalue weighted by atomic mass is 19.4. The predicted molar refractivity (Wildman–Crippen MR) is 162 cm³/mol. The van der Waals surface area contributed by atoms with Crippen molar-refractivity contribution in [2.24, 2.45) is 0 Å². The first-order valence-electron chi connectivity index (χ1n) is 14.6. The lowest BCUT2D eigenvalue weighted by Crippen LogP contribution is -2.36. The number of fused-ring (bicyclic) bond motifs is 1. The Kier molecular flexibility index (Phi) is 9.33. The quantitative estimate of drug-likeness (QED) is 0.226. The van der Waals surface area contributed by atoms with E-state index in [2.05, 4.69) is 37.7 Å². The average molecular weight is 609 g/mol. The summed E-state index contributed by atoms with van der Waals surface area (Å²) in [5.74, 6) is -0.409. The first kappa shape index (κ1) is 30.8. The molecule has 0 saturated carbocycles. The lowest BCUT2D eigenvalue weighted by molar-refractivity contribution is -0.139. The van der Waals surface area contributed by atoms with Gasteiger partial charge in [-0.05, 0) is 63.3 Å². The standard InChI is InChI=1S/C29H29F3N8O2.C2H6/c1-38-12-10-19(11-13-38)35-22-8-5-9-24-21(22)14-25(40(24)17-29(30,31)32)27-36-26(42-37-27)15-33-28(41)23-16-39(18-34-23)20-6-3-2-4-7-20;1-2/h2-9,14,16,18-19,35H,10-13,15,17H2,1H3,(H,33,41);1-2H3. The number of amides is 1. The molecule has 1 fully saturated rings. The summed E-state index contributed by atoms with van der Waals surface area (Å²) in [6, 6.07) is 16.6. The summed E-state index contributed by atoms with van der Waals surface area (Å²) in [6.45, 7) is 4.57. The predicted octanol–water partition coefficient (Wildman–Crippen LogP) is 5.90. The van der Waals surface area contributed by atoms with Gasteiger partial charge in [-0.3, -0.25) is 4.79 Å². The summed E-state index contributed by atoms with van der Waals surface area (Å²) in [4.78, 5) is 23.4. The summed E-state index contributed by atoms with van der Waals surface area (Å²) < 4.78 is 49.2. The van der Waals surface area contributed by atoms with Crippen molar-refractivity contribution in [2.75, 3.05) is 25.5 Å². The van der Waals surface area contributed by atoms with E-state index in [9.17, 15) is 18.0 Å². The minimum Gasteiger partial charge on any atom is -0.382 e. The molecular formula is C31H35F3N8O2. The van der Waals surface area contributed by atoms with Crippen LogP contribution in [0, 0.1) is 0 Å². The van der Waals surface area contributed by atoms with Gasteiger partial charge in [0, 0.05) is 29.0 Å². The number of benzene rings is 2. The second-order valence-electron chi connectivity index (χ2n) is 10.4. The van der Waals surface area contributed by atoms with E-state index in [0.29, 0.717) is 10.9 Å². The number of nitrogens with one attached hydrogen (secondary N) is 2. The zero-order chi connectivity index (χ0) is 31.3. The van der Waals surface area contributed by atoms with Gasteiger partial charge in [-0.2, -0.15) is 18.2 Å². The molecule has 1 amide bonds. The molecular weight excluding hydrogens is 573 g/mol. The average Bonchev–Trinajstić information content (AvgIpc) is 3.78. The fourth-order valence-corrected chi connectivity index (χ4v) is 5.18. The molecule has 44 heavy (non-hydrogen) atoms. The van der Waals surface area contributed by atoms with Crippen molar-refractivity contribution in [3.63, 3.8) is 0 Å². The van der Waals surface area contributed by atoms with Crippen LogP contribution in [-0.4, -0.2) is 67.4 Å². The monoisotopic (exact) mass is 608 g/mol. The topological polar surface area (TPSA) is 106 Å². The number of alkyl halides is 3. The molecule has 0 aliphatic carbocycles. The van der Waals surface area contributed by atoms with Gasteiger partial charge in [0.15, 0.2) is 0 Å². The second kappa shape index (κ2) is 13.3. The zero-order valence-corrected chi connectivity index (χ0v) is 24.8. The molecule has 2 N–H and O–H groups in total. The van der Waals surface area contributed by atoms with Crippen LogP contribution in [0.3, 0.4) is 0 Å². The highest BCUT2D eigenvalue weighted by Crippen LogP contribution is 2.35. The van der Waals surface area contributed by atoms with E-state index in [1.807, 2.05) is 50.2 Å². The van der Waals surface area contributed by atoms with Crippen molar-refractivity contribution in [3.05, 3.63) is 78.7 Å². The van der Waals surface area contributed by atoms with Crippen LogP contribution in [0.1, 0.15) is 43.1 Å². The number of anilines is 1. The number of likely N-dealkylation sites (tertiary alicyclic amines) is 1. The van der Waals surface area contributed by atoms with E-state index in [1.54, 1.807) is 29.0 Å². The smallest absolute Gasteiger partial charge is 0.382 e. The summed E-state index contributed by atoms with van der Waals surface area (Å²) >= 11 is 0. The summed E-state index contributed by atoms with van der Waals surface area (Å²) in [5, 5.41) is 10.8. The molecule has 6 rings (SSSR count). The van der Waals surface area contributed by atoms with Gasteiger partial charge in [0.05, 0.1) is 17.8 Å². The lowest BCUT2D eigenvalue weighted by atomic mass is 10.0. The Balaban J connectivity index is 0.00000188. The third kappa shape index (κ3) is 7.10. The van der Waals surface area contributed by atoms with Crippen LogP contribution in [0.25, 0.3) is 28.1 Å². The molecule has 232 valence electrons. The largest absolute Gasteiger partial charge is 0.406 e. The van der Waals surface area contributed by atoms with E-state index in [4.69, 9.17) is 4.52 Å². The molecule has 1 aliphatic heterocycles. The molecule has 0 radical (unpaired) electrons. The number of carbonyl (C=O) groups is 1. The Labute approximate surface area is 252 Å². The Morgan fingerprint density at radius 3 is 2.55 bits per heavy atom. The summed E-state index contributed by atoms with van der Waals surface area (Å²) in [6.07, 6.45) is 0.535. The molecule has 0 unspecified atom stereocenters. The number of piperidine rings is 1. The minimum absolute atomic E-state index is 0.00158. The van der Waals surface area contributed by atoms with Crippen LogP contribution in [0.15, 0.2) is 71.6 Å². The number of para-hydroxylation sites is 1. The molecule has 1 saturated heterocycles. The highest BCUT2D eigenvalue weighted by molar-refractivity contribution is 5.96. The maximum atomic E-state index is 13.7. The van der Waals surface area contributed by atoms with Crippen LogP contribution in [0.4, 0.5) is 18.9 Å². The SMILES string of the molecule is CC.CN1CCC(Nc2cccc3c2cc(-c2noc(CNC(=O)c4cn(-c5ccccc5)cn4)n2)n3CC(F)(F)F)CC1. The van der Waals surface area contributed by atoms with Crippen LogP contribution in [0.5, 0.6) is 0 Å². The van der Waals surface area contributed by atoms with Crippen molar-refractivity contribution < 1.29 is 22.5 Å². The summed E-state index contributed by atoms with van der Waals surface area (Å²) in [5.41, 5.74) is 2.38. The Hall–Kier alpha value is -4.65. The Morgan fingerprint density at radius 2 is 1.82 bits per heavy atom. The van der Waals surface area contributed by atoms with Crippen LogP contribution < -0.4 is 10.6 Å². The maximum Gasteiger partial charge on any atom is 0.406 e. The Bertz CT molecular complexity index is 1680. The van der Waals surface area contributed by atoms with Crippen LogP contribution >= 0.6 is 0 Å². The molecule has 0 bridgehead atoms. The van der Waals surface area contributed by atoms with Crippen molar-refractivity contribution in [3.8, 4) is 17.2 Å². The van der Waals surface area contributed by atoms with Crippen LogP contribution in [-0.2, 0) is 13.1 Å². The molecule has 13 heteroatoms. The molecule has 0 atom stereocenters. The highest BCUT2D eigenvalue weighted by Gasteiger charge is 2.31. The van der Waals surface area contributed by atoms with Gasteiger partial charge in [-0.25, -0.2) is 4.98 Å². The number of carbonyl (C=O) groups excluding carboxylic acids is 1. The van der Waals surface area contributed by atoms with Gasteiger partial charge in [-0.1, -0.05) is 43.3 Å². The fourth-order valence-electron chi connectivity index (χ4n) is 5.18. The molecule has 0 spiro atoms. The van der Waals surface area contributed by atoms with Gasteiger partial charge in [-0.15, -0.1) is 0 Å². The van der Waals surface area contributed by atoms with Crippen LogP contribution in [0.2, 0.25) is 0 Å². The van der Waals surface area contributed by atoms with E-state index in [1.165, 1.54) is 6.33 Å². The van der Waals surface area contributed by atoms with Crippen molar-refractivity contribution in [1.29, 1.82) is 0 Å². The van der Waals surface area contributed by atoms with E-state index in [0.717, 1.165) is 41.9 Å². The number of imidazole rings is 1. The molecule has 10 nitrogen and oxygen atoms in total. The van der Waals surface area contributed by atoms with Gasteiger partial charge < -0.3 is 29.2 Å². The van der Waals surface area contributed by atoms with E-state index >= 15 is 0 Å². The van der Waals surface area contributed by atoms with Gasteiger partial charge in [0.25, 0.3) is 5.91 Å². The third-order valence-electron chi connectivity index (χ3n) is 7.33. The molecule has 4 heterocycles. The second-order valence-corrected chi connectivity index (χ2v) is 10.4. The number of nitrogens with zero attached hydrogens (tertiary/aromatic N) is 6. The van der Waals surface area contributed by atoms with Crippen molar-refractivity contribution in [2.45, 2.75) is 52.0 Å².